The highest BCUT2D eigenvalue weighted by Gasteiger charge is 2.52. The molecule has 3 heterocycles. The average Bonchev–Trinajstić information content (AvgIpc) is 3.40. The van der Waals surface area contributed by atoms with Gasteiger partial charge in [-0.1, -0.05) is 35.9 Å². The normalized spacial score (nSPS) is 21.5. The van der Waals surface area contributed by atoms with Crippen molar-refractivity contribution in [2.75, 3.05) is 13.1 Å². The van der Waals surface area contributed by atoms with Gasteiger partial charge in [-0.2, -0.15) is 5.10 Å². The SMILES string of the molecule is CC1(C2CCN(Cc3cn[nH]c3-c3ccc(Cl)cc3)CC2)NC(=O)N(Cc2ccc(F)cc2)C1=O. The largest absolute Gasteiger partial charge is 0.325 e. The van der Waals surface area contributed by atoms with E-state index in [-0.39, 0.29) is 24.2 Å². The average molecular weight is 496 g/mol. The van der Waals surface area contributed by atoms with E-state index in [0.717, 1.165) is 49.3 Å². The van der Waals surface area contributed by atoms with Crippen LogP contribution >= 0.6 is 11.6 Å². The Morgan fingerprint density at radius 3 is 2.43 bits per heavy atom. The monoisotopic (exact) mass is 495 g/mol. The topological polar surface area (TPSA) is 81.3 Å². The van der Waals surface area contributed by atoms with Crippen molar-refractivity contribution in [1.82, 2.24) is 25.3 Å². The number of H-pyrrole nitrogens is 1. The number of hydrogen-bond donors (Lipinski definition) is 2. The Balaban J connectivity index is 1.22. The summed E-state index contributed by atoms with van der Waals surface area (Å²) in [5.41, 5.74) is 2.89. The molecule has 2 aliphatic rings. The second kappa shape index (κ2) is 9.43. The predicted octanol–water partition coefficient (Wildman–Crippen LogP) is 4.59. The summed E-state index contributed by atoms with van der Waals surface area (Å²) < 4.78 is 13.2. The lowest BCUT2D eigenvalue weighted by Crippen LogP contribution is -2.53. The number of halogens is 2. The molecule has 3 amide bonds. The number of rotatable bonds is 6. The summed E-state index contributed by atoms with van der Waals surface area (Å²) in [5.74, 6) is -0.531. The van der Waals surface area contributed by atoms with Crippen LogP contribution in [0.15, 0.2) is 54.7 Å². The fourth-order valence-electron chi connectivity index (χ4n) is 5.12. The molecule has 9 heteroatoms. The van der Waals surface area contributed by atoms with E-state index in [4.69, 9.17) is 11.6 Å². The molecule has 0 bridgehead atoms. The number of carbonyl (C=O) groups excluding carboxylic acids is 2. The van der Waals surface area contributed by atoms with Gasteiger partial charge in [-0.15, -0.1) is 0 Å². The first kappa shape index (κ1) is 23.5. The summed E-state index contributed by atoms with van der Waals surface area (Å²) >= 11 is 6.02. The van der Waals surface area contributed by atoms with Gasteiger partial charge in [0.2, 0.25) is 0 Å². The van der Waals surface area contributed by atoms with Crippen molar-refractivity contribution in [3.8, 4) is 11.3 Å². The van der Waals surface area contributed by atoms with Crippen LogP contribution in [0, 0.1) is 11.7 Å². The minimum atomic E-state index is -0.937. The van der Waals surface area contributed by atoms with Crippen LogP contribution in [0.3, 0.4) is 0 Å². The number of benzene rings is 2. The predicted molar refractivity (Wildman–Crippen MR) is 131 cm³/mol. The Morgan fingerprint density at radius 1 is 1.06 bits per heavy atom. The van der Waals surface area contributed by atoms with Gasteiger partial charge in [0, 0.05) is 17.1 Å². The lowest BCUT2D eigenvalue weighted by atomic mass is 9.78. The van der Waals surface area contributed by atoms with E-state index in [9.17, 15) is 14.0 Å². The van der Waals surface area contributed by atoms with Crippen LogP contribution < -0.4 is 5.32 Å². The van der Waals surface area contributed by atoms with Crippen molar-refractivity contribution < 1.29 is 14.0 Å². The summed E-state index contributed by atoms with van der Waals surface area (Å²) in [6.07, 6.45) is 3.44. The maximum Gasteiger partial charge on any atom is 0.325 e. The Kier molecular flexibility index (Phi) is 6.34. The summed E-state index contributed by atoms with van der Waals surface area (Å²) in [7, 11) is 0. The maximum absolute atomic E-state index is 13.3. The molecule has 35 heavy (non-hydrogen) atoms. The number of likely N-dealkylation sites (tertiary alicyclic amines) is 1. The molecule has 1 atom stereocenters. The van der Waals surface area contributed by atoms with Gasteiger partial charge in [0.15, 0.2) is 0 Å². The van der Waals surface area contributed by atoms with Gasteiger partial charge in [0.05, 0.1) is 18.4 Å². The van der Waals surface area contributed by atoms with E-state index < -0.39 is 11.6 Å². The number of piperidine rings is 1. The number of amides is 3. The van der Waals surface area contributed by atoms with Gasteiger partial charge in [0.1, 0.15) is 11.4 Å². The smallest absolute Gasteiger partial charge is 0.323 e. The lowest BCUT2D eigenvalue weighted by Gasteiger charge is -2.38. The van der Waals surface area contributed by atoms with E-state index in [0.29, 0.717) is 10.6 Å². The van der Waals surface area contributed by atoms with Gasteiger partial charge in [-0.05, 0) is 74.2 Å². The zero-order valence-electron chi connectivity index (χ0n) is 19.4. The zero-order chi connectivity index (χ0) is 24.6. The fourth-order valence-corrected chi connectivity index (χ4v) is 5.24. The van der Waals surface area contributed by atoms with Crippen molar-refractivity contribution in [2.45, 2.75) is 38.4 Å². The van der Waals surface area contributed by atoms with E-state index in [1.54, 1.807) is 12.1 Å². The summed E-state index contributed by atoms with van der Waals surface area (Å²) in [6.45, 7) is 4.33. The Bertz CT molecular complexity index is 1220. The number of carbonyl (C=O) groups is 2. The number of nitrogens with zero attached hydrogens (tertiary/aromatic N) is 3. The molecule has 2 aromatic carbocycles. The first-order valence-electron chi connectivity index (χ1n) is 11.7. The lowest BCUT2D eigenvalue weighted by molar-refractivity contribution is -0.133. The highest BCUT2D eigenvalue weighted by atomic mass is 35.5. The van der Waals surface area contributed by atoms with E-state index in [1.165, 1.54) is 17.0 Å². The number of nitrogens with one attached hydrogen (secondary N) is 2. The van der Waals surface area contributed by atoms with Crippen molar-refractivity contribution in [3.63, 3.8) is 0 Å². The molecular weight excluding hydrogens is 469 g/mol. The molecule has 0 spiro atoms. The molecule has 2 fully saturated rings. The summed E-state index contributed by atoms with van der Waals surface area (Å²) in [4.78, 5) is 29.6. The number of urea groups is 1. The molecule has 182 valence electrons. The number of imide groups is 1. The second-order valence-electron chi connectivity index (χ2n) is 9.48. The molecule has 3 aromatic rings. The summed E-state index contributed by atoms with van der Waals surface area (Å²) in [5, 5.41) is 11.0. The highest BCUT2D eigenvalue weighted by Crippen LogP contribution is 2.35. The third kappa shape index (κ3) is 4.68. The zero-order valence-corrected chi connectivity index (χ0v) is 20.2. The first-order chi connectivity index (χ1) is 16.8. The van der Waals surface area contributed by atoms with Crippen LogP contribution in [0.4, 0.5) is 9.18 Å². The van der Waals surface area contributed by atoms with Crippen molar-refractivity contribution in [1.29, 1.82) is 0 Å². The van der Waals surface area contributed by atoms with Crippen molar-refractivity contribution in [2.24, 2.45) is 5.92 Å². The Hall–Kier alpha value is -3.23. The van der Waals surface area contributed by atoms with E-state index in [1.807, 2.05) is 37.4 Å². The van der Waals surface area contributed by atoms with Crippen LogP contribution in [0.2, 0.25) is 5.02 Å². The third-order valence-electron chi connectivity index (χ3n) is 7.20. The fraction of sp³-hybridized carbons (Fsp3) is 0.346. The number of aromatic amines is 1. The number of hydrogen-bond acceptors (Lipinski definition) is 4. The van der Waals surface area contributed by atoms with Crippen molar-refractivity contribution >= 4 is 23.5 Å². The molecular formula is C26H27ClFN5O2. The van der Waals surface area contributed by atoms with Crippen LogP contribution in [0.1, 0.15) is 30.9 Å². The van der Waals surface area contributed by atoms with Crippen LogP contribution in [-0.4, -0.2) is 50.6 Å². The molecule has 1 unspecified atom stereocenters. The molecule has 0 radical (unpaired) electrons. The minimum Gasteiger partial charge on any atom is -0.323 e. The Morgan fingerprint density at radius 2 is 1.74 bits per heavy atom. The third-order valence-corrected chi connectivity index (χ3v) is 7.46. The van der Waals surface area contributed by atoms with Gasteiger partial charge < -0.3 is 5.32 Å². The molecule has 0 saturated carbocycles. The van der Waals surface area contributed by atoms with Gasteiger partial charge in [0.25, 0.3) is 5.91 Å². The molecule has 1 aromatic heterocycles. The van der Waals surface area contributed by atoms with Crippen LogP contribution in [-0.2, 0) is 17.9 Å². The molecule has 0 aliphatic carbocycles. The van der Waals surface area contributed by atoms with Crippen LogP contribution in [0.5, 0.6) is 0 Å². The van der Waals surface area contributed by atoms with Gasteiger partial charge >= 0.3 is 6.03 Å². The van der Waals surface area contributed by atoms with Crippen LogP contribution in [0.25, 0.3) is 11.3 Å². The van der Waals surface area contributed by atoms with Gasteiger partial charge in [-0.3, -0.25) is 19.7 Å². The minimum absolute atomic E-state index is 0.0357. The van der Waals surface area contributed by atoms with E-state index in [2.05, 4.69) is 20.4 Å². The molecule has 2 saturated heterocycles. The molecule has 5 rings (SSSR count). The van der Waals surface area contributed by atoms with Gasteiger partial charge in [-0.25, -0.2) is 9.18 Å². The highest BCUT2D eigenvalue weighted by molar-refractivity contribution is 6.30. The number of aromatic nitrogens is 2. The molecule has 2 N–H and O–H groups in total. The summed E-state index contributed by atoms with van der Waals surface area (Å²) in [6, 6.07) is 13.1. The molecule has 2 aliphatic heterocycles. The molecule has 7 nitrogen and oxygen atoms in total. The van der Waals surface area contributed by atoms with E-state index >= 15 is 0 Å². The first-order valence-corrected chi connectivity index (χ1v) is 12.1. The van der Waals surface area contributed by atoms with Crippen molar-refractivity contribution in [3.05, 3.63) is 76.7 Å². The Labute approximate surface area is 208 Å². The second-order valence-corrected chi connectivity index (χ2v) is 9.91. The standard InChI is InChI=1S/C26H27ClFN5O2/c1-26(24(34)33(25(35)30-26)15-17-2-8-22(28)9-3-17)20-10-12-32(13-11-20)16-19-14-29-31-23(19)18-4-6-21(27)7-5-18/h2-9,14,20H,10-13,15-16H2,1H3,(H,29,31)(H,30,35). The maximum atomic E-state index is 13.3. The quantitative estimate of drug-likeness (QED) is 0.490.